The summed E-state index contributed by atoms with van der Waals surface area (Å²) in [5.41, 5.74) is 1.35. The van der Waals surface area contributed by atoms with E-state index in [1.54, 1.807) is 12.1 Å². The molecule has 0 spiro atoms. The van der Waals surface area contributed by atoms with Crippen molar-refractivity contribution in [2.24, 2.45) is 0 Å². The lowest BCUT2D eigenvalue weighted by molar-refractivity contribution is 0.102. The molecule has 1 heterocycles. The van der Waals surface area contributed by atoms with E-state index in [-0.39, 0.29) is 21.3 Å². The van der Waals surface area contributed by atoms with Crippen molar-refractivity contribution in [3.05, 3.63) is 63.7 Å². The fourth-order valence-corrected chi connectivity index (χ4v) is 4.24. The Hall–Kier alpha value is -2.33. The summed E-state index contributed by atoms with van der Waals surface area (Å²) >= 11 is 7.32. The van der Waals surface area contributed by atoms with Gasteiger partial charge in [-0.3, -0.25) is 10.1 Å². The summed E-state index contributed by atoms with van der Waals surface area (Å²) in [6, 6.07) is 9.73. The number of aromatic nitrogens is 1. The van der Waals surface area contributed by atoms with Crippen molar-refractivity contribution in [1.82, 2.24) is 9.71 Å². The number of hydrogen-bond donors (Lipinski definition) is 2. The summed E-state index contributed by atoms with van der Waals surface area (Å²) in [6.45, 7) is 1.83. The Balaban J connectivity index is 1.89. The number of anilines is 1. The highest BCUT2D eigenvalue weighted by Crippen LogP contribution is 2.31. The van der Waals surface area contributed by atoms with Gasteiger partial charge in [0.2, 0.25) is 10.0 Å². The first-order valence-electron chi connectivity index (χ1n) is 7.99. The van der Waals surface area contributed by atoms with Crippen molar-refractivity contribution in [1.29, 1.82) is 0 Å². The van der Waals surface area contributed by atoms with Crippen LogP contribution in [0.15, 0.2) is 47.4 Å². The molecular formula is C18H15ClFN3O3S2. The van der Waals surface area contributed by atoms with Gasteiger partial charge in [0.1, 0.15) is 5.82 Å². The summed E-state index contributed by atoms with van der Waals surface area (Å²) < 4.78 is 39.2. The van der Waals surface area contributed by atoms with E-state index in [0.29, 0.717) is 10.8 Å². The molecular weight excluding hydrogens is 425 g/mol. The average molecular weight is 440 g/mol. The SMILES string of the molecule is CNS(=O)(=O)c1ccc(Cl)c(C(=O)Nc2nc(-c3ccc(F)cc3)c(C)s2)c1. The predicted molar refractivity (Wildman–Crippen MR) is 108 cm³/mol. The lowest BCUT2D eigenvalue weighted by Gasteiger charge is -2.07. The number of halogens is 2. The first kappa shape index (κ1) is 20.4. The standard InChI is InChI=1S/C18H15ClFN3O3S2/c1-10-16(11-3-5-12(20)6-4-11)22-18(27-10)23-17(24)14-9-13(7-8-15(14)19)28(25,26)21-2/h3-9,21H,1-2H3,(H,22,23,24). The van der Waals surface area contributed by atoms with Gasteiger partial charge in [0.25, 0.3) is 5.91 Å². The van der Waals surface area contributed by atoms with Crippen LogP contribution in [-0.4, -0.2) is 26.4 Å². The fourth-order valence-electron chi connectivity index (χ4n) is 2.45. The van der Waals surface area contributed by atoms with Crippen LogP contribution in [0.2, 0.25) is 5.02 Å². The van der Waals surface area contributed by atoms with Crippen LogP contribution in [0.5, 0.6) is 0 Å². The summed E-state index contributed by atoms with van der Waals surface area (Å²) in [5, 5.41) is 3.06. The van der Waals surface area contributed by atoms with Gasteiger partial charge in [-0.15, -0.1) is 11.3 Å². The molecule has 0 saturated carbocycles. The number of carbonyl (C=O) groups excluding carboxylic acids is 1. The molecule has 0 unspecified atom stereocenters. The Bertz CT molecular complexity index is 1150. The van der Waals surface area contributed by atoms with Crippen molar-refractivity contribution in [2.75, 3.05) is 12.4 Å². The van der Waals surface area contributed by atoms with Gasteiger partial charge >= 0.3 is 0 Å². The molecule has 0 aliphatic heterocycles. The normalized spacial score (nSPS) is 11.4. The molecule has 28 heavy (non-hydrogen) atoms. The third-order valence-corrected chi connectivity index (χ3v) is 6.52. The number of rotatable bonds is 5. The number of carbonyl (C=O) groups is 1. The largest absolute Gasteiger partial charge is 0.298 e. The van der Waals surface area contributed by atoms with Crippen LogP contribution < -0.4 is 10.0 Å². The fraction of sp³-hybridized carbons (Fsp3) is 0.111. The molecule has 0 radical (unpaired) electrons. The van der Waals surface area contributed by atoms with Crippen molar-refractivity contribution < 1.29 is 17.6 Å². The van der Waals surface area contributed by atoms with Gasteiger partial charge < -0.3 is 0 Å². The van der Waals surface area contributed by atoms with E-state index < -0.39 is 15.9 Å². The van der Waals surface area contributed by atoms with Crippen LogP contribution in [0, 0.1) is 12.7 Å². The van der Waals surface area contributed by atoms with Gasteiger partial charge in [-0.05, 0) is 56.4 Å². The van der Waals surface area contributed by atoms with Crippen molar-refractivity contribution >= 4 is 44.0 Å². The van der Waals surface area contributed by atoms with Gasteiger partial charge in [-0.2, -0.15) is 0 Å². The number of hydrogen-bond acceptors (Lipinski definition) is 5. The quantitative estimate of drug-likeness (QED) is 0.627. The Morgan fingerprint density at radius 1 is 1.18 bits per heavy atom. The molecule has 1 amide bonds. The zero-order chi connectivity index (χ0) is 20.5. The second kappa shape index (κ2) is 7.96. The minimum Gasteiger partial charge on any atom is -0.298 e. The maximum absolute atomic E-state index is 13.1. The number of thiazole rings is 1. The van der Waals surface area contributed by atoms with Gasteiger partial charge in [0.15, 0.2) is 5.13 Å². The van der Waals surface area contributed by atoms with Gasteiger partial charge in [-0.25, -0.2) is 22.5 Å². The minimum absolute atomic E-state index is 0.00850. The van der Waals surface area contributed by atoms with E-state index in [9.17, 15) is 17.6 Å². The van der Waals surface area contributed by atoms with E-state index >= 15 is 0 Å². The second-order valence-electron chi connectivity index (χ2n) is 5.73. The summed E-state index contributed by atoms with van der Waals surface area (Å²) in [6.07, 6.45) is 0. The van der Waals surface area contributed by atoms with Crippen LogP contribution in [-0.2, 0) is 10.0 Å². The third-order valence-electron chi connectivity index (χ3n) is 3.90. The lowest BCUT2D eigenvalue weighted by Crippen LogP contribution is -2.20. The first-order chi connectivity index (χ1) is 13.2. The molecule has 146 valence electrons. The molecule has 2 aromatic carbocycles. The Morgan fingerprint density at radius 3 is 2.50 bits per heavy atom. The highest BCUT2D eigenvalue weighted by Gasteiger charge is 2.19. The molecule has 0 bridgehead atoms. The van der Waals surface area contributed by atoms with E-state index in [1.807, 2.05) is 6.92 Å². The number of aryl methyl sites for hydroxylation is 1. The van der Waals surface area contributed by atoms with Crippen LogP contribution in [0.25, 0.3) is 11.3 Å². The predicted octanol–water partition coefficient (Wildman–Crippen LogP) is 4.07. The maximum Gasteiger partial charge on any atom is 0.259 e. The molecule has 6 nitrogen and oxygen atoms in total. The van der Waals surface area contributed by atoms with Crippen molar-refractivity contribution in [2.45, 2.75) is 11.8 Å². The molecule has 0 fully saturated rings. The van der Waals surface area contributed by atoms with Gasteiger partial charge in [-0.1, -0.05) is 11.6 Å². The third kappa shape index (κ3) is 4.22. The molecule has 10 heteroatoms. The first-order valence-corrected chi connectivity index (χ1v) is 10.7. The summed E-state index contributed by atoms with van der Waals surface area (Å²) in [7, 11) is -2.44. The molecule has 0 aliphatic rings. The number of nitrogens with zero attached hydrogens (tertiary/aromatic N) is 1. The number of sulfonamides is 1. The van der Waals surface area contributed by atoms with Gasteiger partial charge in [0, 0.05) is 10.4 Å². The van der Waals surface area contributed by atoms with Crippen LogP contribution in [0.3, 0.4) is 0 Å². The summed E-state index contributed by atoms with van der Waals surface area (Å²) in [4.78, 5) is 17.7. The molecule has 0 saturated heterocycles. The molecule has 0 atom stereocenters. The summed E-state index contributed by atoms with van der Waals surface area (Å²) in [5.74, 6) is -0.936. The van der Waals surface area contributed by atoms with Crippen LogP contribution in [0.4, 0.5) is 9.52 Å². The van der Waals surface area contributed by atoms with Crippen LogP contribution >= 0.6 is 22.9 Å². The van der Waals surface area contributed by atoms with E-state index in [0.717, 1.165) is 10.4 Å². The van der Waals surface area contributed by atoms with Crippen LogP contribution in [0.1, 0.15) is 15.2 Å². The Morgan fingerprint density at radius 2 is 1.86 bits per heavy atom. The maximum atomic E-state index is 13.1. The Kier molecular flexibility index (Phi) is 5.80. The highest BCUT2D eigenvalue weighted by atomic mass is 35.5. The molecule has 3 aromatic rings. The molecule has 0 aliphatic carbocycles. The number of amides is 1. The zero-order valence-corrected chi connectivity index (χ0v) is 17.2. The van der Waals surface area contributed by atoms with Crippen molar-refractivity contribution in [3.8, 4) is 11.3 Å². The highest BCUT2D eigenvalue weighted by molar-refractivity contribution is 7.89. The minimum atomic E-state index is -3.72. The number of nitrogens with one attached hydrogen (secondary N) is 2. The molecule has 1 aromatic heterocycles. The monoisotopic (exact) mass is 439 g/mol. The molecule has 3 rings (SSSR count). The average Bonchev–Trinajstić information content (AvgIpc) is 3.02. The van der Waals surface area contributed by atoms with Gasteiger partial charge in [0.05, 0.1) is 21.2 Å². The zero-order valence-electron chi connectivity index (χ0n) is 14.8. The smallest absolute Gasteiger partial charge is 0.259 e. The van der Waals surface area contributed by atoms with E-state index in [1.165, 1.54) is 48.7 Å². The topological polar surface area (TPSA) is 88.2 Å². The Labute approximate surface area is 170 Å². The number of benzene rings is 2. The lowest BCUT2D eigenvalue weighted by atomic mass is 10.1. The van der Waals surface area contributed by atoms with E-state index in [2.05, 4.69) is 15.0 Å². The van der Waals surface area contributed by atoms with E-state index in [4.69, 9.17) is 11.6 Å². The van der Waals surface area contributed by atoms with Crippen molar-refractivity contribution in [3.63, 3.8) is 0 Å². The second-order valence-corrected chi connectivity index (χ2v) is 9.23. The molecule has 2 N–H and O–H groups in total.